The molecule has 0 fully saturated rings. The van der Waals surface area contributed by atoms with E-state index in [9.17, 15) is 8.42 Å². The quantitative estimate of drug-likeness (QED) is 0.695. The van der Waals surface area contributed by atoms with E-state index in [1.807, 2.05) is 6.07 Å². The maximum atomic E-state index is 11.2. The first-order valence-electron chi connectivity index (χ1n) is 5.65. The van der Waals surface area contributed by atoms with Gasteiger partial charge in [0.2, 0.25) is 10.0 Å². The van der Waals surface area contributed by atoms with Gasteiger partial charge < -0.3 is 11.1 Å². The molecule has 0 spiro atoms. The highest BCUT2D eigenvalue weighted by Crippen LogP contribution is 2.18. The second-order valence-electron chi connectivity index (χ2n) is 5.03. The number of sulfonamides is 1. The number of benzene rings is 1. The van der Waals surface area contributed by atoms with Crippen LogP contribution in [0.1, 0.15) is 19.4 Å². The Labute approximate surface area is 113 Å². The number of nitrogens with one attached hydrogen (secondary N) is 2. The van der Waals surface area contributed by atoms with Crippen LogP contribution in [0.2, 0.25) is 0 Å². The van der Waals surface area contributed by atoms with Gasteiger partial charge in [-0.25, -0.2) is 13.1 Å². The average molecular weight is 282 g/mol. The fourth-order valence-electron chi connectivity index (χ4n) is 1.66. The van der Waals surface area contributed by atoms with Crippen molar-refractivity contribution in [1.29, 1.82) is 5.26 Å². The molecule has 0 heterocycles. The molecule has 104 valence electrons. The van der Waals surface area contributed by atoms with Crippen molar-refractivity contribution in [1.82, 2.24) is 4.72 Å². The van der Waals surface area contributed by atoms with Crippen molar-refractivity contribution in [2.75, 3.05) is 23.9 Å². The fraction of sp³-hybridized carbons (Fsp3) is 0.417. The number of nitrogen functional groups attached to an aromatic ring is 1. The van der Waals surface area contributed by atoms with Gasteiger partial charge in [0.05, 0.1) is 17.5 Å². The standard InChI is InChI=1S/C12H18N4O2S/c1-12(2,16-19(3,17)18)8-15-11-5-4-10(14)6-9(11)7-13/h4-6,15-16H,8,14H2,1-3H3. The summed E-state index contributed by atoms with van der Waals surface area (Å²) in [5, 5.41) is 12.1. The normalized spacial score (nSPS) is 11.9. The lowest BCUT2D eigenvalue weighted by molar-refractivity contribution is 0.476. The topological polar surface area (TPSA) is 108 Å². The molecule has 19 heavy (non-hydrogen) atoms. The molecule has 1 rings (SSSR count). The van der Waals surface area contributed by atoms with Crippen LogP contribution in [0.5, 0.6) is 0 Å². The summed E-state index contributed by atoms with van der Waals surface area (Å²) in [6, 6.07) is 6.99. The second kappa shape index (κ2) is 5.47. The molecule has 0 saturated carbocycles. The van der Waals surface area contributed by atoms with Crippen molar-refractivity contribution in [3.05, 3.63) is 23.8 Å². The van der Waals surface area contributed by atoms with Gasteiger partial charge >= 0.3 is 0 Å². The van der Waals surface area contributed by atoms with Gasteiger partial charge in [-0.05, 0) is 32.0 Å². The highest BCUT2D eigenvalue weighted by Gasteiger charge is 2.22. The Hall–Kier alpha value is -1.78. The van der Waals surface area contributed by atoms with Crippen molar-refractivity contribution in [2.45, 2.75) is 19.4 Å². The van der Waals surface area contributed by atoms with Crippen LogP contribution in [-0.4, -0.2) is 26.8 Å². The van der Waals surface area contributed by atoms with E-state index in [-0.39, 0.29) is 0 Å². The zero-order valence-electron chi connectivity index (χ0n) is 11.2. The molecule has 0 bridgehead atoms. The van der Waals surface area contributed by atoms with E-state index in [0.717, 1.165) is 6.26 Å². The summed E-state index contributed by atoms with van der Waals surface area (Å²) in [4.78, 5) is 0. The van der Waals surface area contributed by atoms with E-state index in [1.54, 1.807) is 32.0 Å². The van der Waals surface area contributed by atoms with Crippen LogP contribution < -0.4 is 15.8 Å². The highest BCUT2D eigenvalue weighted by molar-refractivity contribution is 7.88. The number of hydrogen-bond acceptors (Lipinski definition) is 5. The van der Waals surface area contributed by atoms with Gasteiger partial charge in [0.1, 0.15) is 6.07 Å². The SMILES string of the molecule is CC(C)(CNc1ccc(N)cc1C#N)NS(C)(=O)=O. The molecule has 0 aliphatic rings. The largest absolute Gasteiger partial charge is 0.399 e. The average Bonchev–Trinajstić information content (AvgIpc) is 2.24. The Morgan fingerprint density at radius 1 is 1.42 bits per heavy atom. The number of nitriles is 1. The first kappa shape index (κ1) is 15.3. The van der Waals surface area contributed by atoms with Crippen molar-refractivity contribution in [2.24, 2.45) is 0 Å². The molecule has 6 nitrogen and oxygen atoms in total. The number of nitrogens with two attached hydrogens (primary N) is 1. The number of anilines is 2. The number of rotatable bonds is 5. The molecule has 0 unspecified atom stereocenters. The molecule has 0 aliphatic carbocycles. The maximum Gasteiger partial charge on any atom is 0.209 e. The van der Waals surface area contributed by atoms with Crippen LogP contribution in [0, 0.1) is 11.3 Å². The number of nitrogens with zero attached hydrogens (tertiary/aromatic N) is 1. The highest BCUT2D eigenvalue weighted by atomic mass is 32.2. The van der Waals surface area contributed by atoms with Gasteiger partial charge in [0.25, 0.3) is 0 Å². The van der Waals surface area contributed by atoms with Gasteiger partial charge in [0.15, 0.2) is 0 Å². The monoisotopic (exact) mass is 282 g/mol. The molecule has 0 amide bonds. The van der Waals surface area contributed by atoms with Crippen LogP contribution in [0.15, 0.2) is 18.2 Å². The van der Waals surface area contributed by atoms with Gasteiger partial charge in [-0.1, -0.05) is 0 Å². The first-order valence-corrected chi connectivity index (χ1v) is 7.54. The molecule has 1 aromatic carbocycles. The van der Waals surface area contributed by atoms with E-state index in [1.165, 1.54) is 0 Å². The molecular formula is C12H18N4O2S. The molecule has 0 aromatic heterocycles. The van der Waals surface area contributed by atoms with Crippen LogP contribution >= 0.6 is 0 Å². The lowest BCUT2D eigenvalue weighted by Crippen LogP contribution is -2.47. The van der Waals surface area contributed by atoms with Crippen LogP contribution in [0.25, 0.3) is 0 Å². The smallest absolute Gasteiger partial charge is 0.209 e. The van der Waals surface area contributed by atoms with E-state index in [0.29, 0.717) is 23.5 Å². The zero-order chi connectivity index (χ0) is 14.7. The summed E-state index contributed by atoms with van der Waals surface area (Å²) < 4.78 is 25.0. The number of hydrogen-bond donors (Lipinski definition) is 3. The molecule has 0 saturated heterocycles. The molecule has 0 aliphatic heterocycles. The van der Waals surface area contributed by atoms with Gasteiger partial charge in [-0.3, -0.25) is 0 Å². The zero-order valence-corrected chi connectivity index (χ0v) is 12.0. The third-order valence-corrected chi connectivity index (χ3v) is 3.27. The second-order valence-corrected chi connectivity index (χ2v) is 6.78. The third kappa shape index (κ3) is 5.16. The Morgan fingerprint density at radius 3 is 2.58 bits per heavy atom. The van der Waals surface area contributed by atoms with Crippen LogP contribution in [0.4, 0.5) is 11.4 Å². The van der Waals surface area contributed by atoms with Crippen LogP contribution in [-0.2, 0) is 10.0 Å². The van der Waals surface area contributed by atoms with Crippen molar-refractivity contribution < 1.29 is 8.42 Å². The van der Waals surface area contributed by atoms with E-state index in [4.69, 9.17) is 11.0 Å². The first-order chi connectivity index (χ1) is 8.63. The Bertz CT molecular complexity index is 603. The summed E-state index contributed by atoms with van der Waals surface area (Å²) in [7, 11) is -3.28. The molecule has 1 aromatic rings. The Kier molecular flexibility index (Phi) is 4.39. The lowest BCUT2D eigenvalue weighted by atomic mass is 10.1. The lowest BCUT2D eigenvalue weighted by Gasteiger charge is -2.26. The fourth-order valence-corrected chi connectivity index (χ4v) is 2.74. The molecule has 4 N–H and O–H groups in total. The molecule has 7 heteroatoms. The molecular weight excluding hydrogens is 264 g/mol. The summed E-state index contributed by atoms with van der Waals surface area (Å²) in [6.07, 6.45) is 1.11. The minimum absolute atomic E-state index is 0.346. The minimum atomic E-state index is -3.28. The summed E-state index contributed by atoms with van der Waals surface area (Å²) >= 11 is 0. The molecule has 0 atom stereocenters. The Morgan fingerprint density at radius 2 is 2.05 bits per heavy atom. The van der Waals surface area contributed by atoms with E-state index in [2.05, 4.69) is 10.0 Å². The summed E-state index contributed by atoms with van der Waals surface area (Å²) in [5.74, 6) is 0. The van der Waals surface area contributed by atoms with Crippen molar-refractivity contribution >= 4 is 21.4 Å². The van der Waals surface area contributed by atoms with E-state index >= 15 is 0 Å². The predicted molar refractivity (Wildman–Crippen MR) is 76.1 cm³/mol. The van der Waals surface area contributed by atoms with Gasteiger partial charge in [0, 0.05) is 17.8 Å². The molecule has 0 radical (unpaired) electrons. The van der Waals surface area contributed by atoms with Gasteiger partial charge in [-0.2, -0.15) is 5.26 Å². The van der Waals surface area contributed by atoms with E-state index < -0.39 is 15.6 Å². The maximum absolute atomic E-state index is 11.2. The summed E-state index contributed by atoms with van der Waals surface area (Å²) in [5.41, 5.74) is 6.49. The van der Waals surface area contributed by atoms with Gasteiger partial charge in [-0.15, -0.1) is 0 Å². The Balaban J connectivity index is 2.80. The third-order valence-electron chi connectivity index (χ3n) is 2.35. The van der Waals surface area contributed by atoms with Crippen LogP contribution in [0.3, 0.4) is 0 Å². The van der Waals surface area contributed by atoms with Crippen molar-refractivity contribution in [3.63, 3.8) is 0 Å². The minimum Gasteiger partial charge on any atom is -0.399 e. The van der Waals surface area contributed by atoms with Crippen molar-refractivity contribution in [3.8, 4) is 6.07 Å². The summed E-state index contributed by atoms with van der Waals surface area (Å²) in [6.45, 7) is 3.85. The predicted octanol–water partition coefficient (Wildman–Crippen LogP) is 0.880.